The third kappa shape index (κ3) is 2.93. The van der Waals surface area contributed by atoms with Crippen LogP contribution >= 0.6 is 15.9 Å². The summed E-state index contributed by atoms with van der Waals surface area (Å²) in [7, 11) is 0. The Labute approximate surface area is 169 Å². The van der Waals surface area contributed by atoms with Gasteiger partial charge in [0.05, 0.1) is 22.5 Å². The van der Waals surface area contributed by atoms with E-state index in [0.717, 1.165) is 36.1 Å². The third-order valence-electron chi connectivity index (χ3n) is 7.13. The van der Waals surface area contributed by atoms with Gasteiger partial charge in [-0.2, -0.15) is 0 Å². The van der Waals surface area contributed by atoms with Gasteiger partial charge in [0.15, 0.2) is 0 Å². The first-order valence-electron chi connectivity index (χ1n) is 10.3. The number of carbonyl (C=O) groups is 1. The second kappa shape index (κ2) is 6.07. The van der Waals surface area contributed by atoms with Gasteiger partial charge in [-0.1, -0.05) is 41.9 Å². The second-order valence-electron chi connectivity index (χ2n) is 9.73. The molecule has 1 heterocycles. The Morgan fingerprint density at radius 1 is 1.22 bits per heavy atom. The zero-order valence-electron chi connectivity index (χ0n) is 16.1. The van der Waals surface area contributed by atoms with Crippen LogP contribution in [0.5, 0.6) is 0 Å². The average Bonchev–Trinajstić information content (AvgIpc) is 3.00. The standard InChI is InChI=1S/C22H28BrN3O/c1-13(2)18(19-24-16-5-3-4-6-17(16)25-19)26-20(27)21-8-14-7-15(9-21)11-22(23,10-14)12-21/h3-6,13-15,18H,7-12H2,1-2H3,(H,24,25)(H,26,27)/t14?,15?,18-,21?,22?/m0/s1. The van der Waals surface area contributed by atoms with Crippen LogP contribution in [0.3, 0.4) is 0 Å². The number of nitrogens with one attached hydrogen (secondary N) is 2. The van der Waals surface area contributed by atoms with Crippen molar-refractivity contribution in [3.05, 3.63) is 30.1 Å². The number of para-hydroxylation sites is 2. The maximum absolute atomic E-state index is 13.6. The molecule has 2 aromatic rings. The highest BCUT2D eigenvalue weighted by Gasteiger charge is 2.60. The molecule has 27 heavy (non-hydrogen) atoms. The summed E-state index contributed by atoms with van der Waals surface area (Å²) in [5.41, 5.74) is 1.80. The Bertz CT molecular complexity index is 842. The molecule has 0 saturated heterocycles. The lowest BCUT2D eigenvalue weighted by Gasteiger charge is -2.59. The van der Waals surface area contributed by atoms with Crippen LogP contribution < -0.4 is 5.32 Å². The number of alkyl halides is 1. The molecule has 2 N–H and O–H groups in total. The van der Waals surface area contributed by atoms with Crippen LogP contribution in [0.1, 0.15) is 64.2 Å². The SMILES string of the molecule is CC(C)[C@H](NC(=O)C12CC3CC(CC(Br)(C3)C1)C2)c1nc2ccccc2[nH]1. The molecule has 5 heteroatoms. The molecular weight excluding hydrogens is 402 g/mol. The van der Waals surface area contributed by atoms with Gasteiger partial charge in [0.25, 0.3) is 0 Å². The molecule has 2 unspecified atom stereocenters. The first-order chi connectivity index (χ1) is 12.9. The molecule has 1 amide bonds. The molecule has 144 valence electrons. The highest BCUT2D eigenvalue weighted by molar-refractivity contribution is 9.10. The van der Waals surface area contributed by atoms with Gasteiger partial charge in [-0.25, -0.2) is 4.98 Å². The van der Waals surface area contributed by atoms with Crippen molar-refractivity contribution >= 4 is 32.9 Å². The molecular formula is C22H28BrN3O. The maximum atomic E-state index is 13.6. The zero-order chi connectivity index (χ0) is 18.8. The van der Waals surface area contributed by atoms with Crippen LogP contribution in [-0.4, -0.2) is 20.2 Å². The minimum absolute atomic E-state index is 0.0795. The van der Waals surface area contributed by atoms with Gasteiger partial charge < -0.3 is 10.3 Å². The highest BCUT2D eigenvalue weighted by atomic mass is 79.9. The average molecular weight is 430 g/mol. The summed E-state index contributed by atoms with van der Waals surface area (Å²) in [6, 6.07) is 7.99. The van der Waals surface area contributed by atoms with Gasteiger partial charge in [-0.3, -0.25) is 4.79 Å². The van der Waals surface area contributed by atoms with Crippen molar-refractivity contribution < 1.29 is 4.79 Å². The summed E-state index contributed by atoms with van der Waals surface area (Å²) in [6.07, 6.45) is 6.93. The molecule has 4 aliphatic rings. The molecule has 0 spiro atoms. The quantitative estimate of drug-likeness (QED) is 0.663. The smallest absolute Gasteiger partial charge is 0.226 e. The summed E-state index contributed by atoms with van der Waals surface area (Å²) >= 11 is 4.03. The van der Waals surface area contributed by atoms with Crippen molar-refractivity contribution in [2.75, 3.05) is 0 Å². The number of halogens is 1. The van der Waals surface area contributed by atoms with E-state index in [1.807, 2.05) is 24.3 Å². The number of aromatic nitrogens is 2. The van der Waals surface area contributed by atoms with Crippen molar-refractivity contribution in [2.24, 2.45) is 23.2 Å². The number of rotatable bonds is 4. The van der Waals surface area contributed by atoms with Gasteiger partial charge in [0.2, 0.25) is 5.91 Å². The number of amides is 1. The number of H-pyrrole nitrogens is 1. The topological polar surface area (TPSA) is 57.8 Å². The Hall–Kier alpha value is -1.36. The fourth-order valence-electron chi connectivity index (χ4n) is 6.38. The van der Waals surface area contributed by atoms with E-state index in [1.54, 1.807) is 0 Å². The number of benzene rings is 1. The third-order valence-corrected chi connectivity index (χ3v) is 8.05. The molecule has 6 rings (SSSR count). The van der Waals surface area contributed by atoms with Crippen LogP contribution in [0.2, 0.25) is 0 Å². The first kappa shape index (κ1) is 17.7. The molecule has 4 fully saturated rings. The number of hydrogen-bond acceptors (Lipinski definition) is 2. The molecule has 1 aromatic carbocycles. The Balaban J connectivity index is 1.43. The van der Waals surface area contributed by atoms with Gasteiger partial charge in [0, 0.05) is 4.32 Å². The van der Waals surface area contributed by atoms with Crippen LogP contribution in [-0.2, 0) is 4.79 Å². The number of carbonyl (C=O) groups excluding carboxylic acids is 1. The summed E-state index contributed by atoms with van der Waals surface area (Å²) < 4.78 is 0.196. The van der Waals surface area contributed by atoms with E-state index in [0.29, 0.717) is 11.8 Å². The first-order valence-corrected chi connectivity index (χ1v) is 11.1. The zero-order valence-corrected chi connectivity index (χ0v) is 17.7. The fourth-order valence-corrected chi connectivity index (χ4v) is 7.83. The molecule has 3 atom stereocenters. The van der Waals surface area contributed by atoms with Gasteiger partial charge in [-0.15, -0.1) is 0 Å². The van der Waals surface area contributed by atoms with E-state index in [2.05, 4.69) is 40.1 Å². The lowest BCUT2D eigenvalue weighted by Crippen LogP contribution is -2.58. The van der Waals surface area contributed by atoms with Crippen molar-refractivity contribution in [1.82, 2.24) is 15.3 Å². The molecule has 1 aromatic heterocycles. The molecule has 0 aliphatic heterocycles. The Morgan fingerprint density at radius 2 is 1.93 bits per heavy atom. The predicted molar refractivity (Wildman–Crippen MR) is 111 cm³/mol. The van der Waals surface area contributed by atoms with Gasteiger partial charge >= 0.3 is 0 Å². The lowest BCUT2D eigenvalue weighted by molar-refractivity contribution is -0.145. The predicted octanol–water partition coefficient (Wildman–Crippen LogP) is 5.11. The summed E-state index contributed by atoms with van der Waals surface area (Å²) in [6.45, 7) is 4.31. The van der Waals surface area contributed by atoms with E-state index in [-0.39, 0.29) is 27.6 Å². The number of nitrogens with zero attached hydrogens (tertiary/aromatic N) is 1. The summed E-state index contributed by atoms with van der Waals surface area (Å²) in [5.74, 6) is 2.82. The van der Waals surface area contributed by atoms with E-state index >= 15 is 0 Å². The van der Waals surface area contributed by atoms with Crippen molar-refractivity contribution in [3.63, 3.8) is 0 Å². The van der Waals surface area contributed by atoms with Crippen molar-refractivity contribution in [2.45, 2.75) is 62.7 Å². The summed E-state index contributed by atoms with van der Waals surface area (Å²) in [5, 5.41) is 3.41. The minimum Gasteiger partial charge on any atom is -0.345 e. The monoisotopic (exact) mass is 429 g/mol. The van der Waals surface area contributed by atoms with Crippen LogP contribution in [0.25, 0.3) is 11.0 Å². The number of imidazole rings is 1. The van der Waals surface area contributed by atoms with Crippen LogP contribution in [0.15, 0.2) is 24.3 Å². The Kier molecular flexibility index (Phi) is 3.98. The van der Waals surface area contributed by atoms with Crippen LogP contribution in [0, 0.1) is 23.2 Å². The second-order valence-corrected chi connectivity index (χ2v) is 11.4. The largest absolute Gasteiger partial charge is 0.345 e. The van der Waals surface area contributed by atoms with E-state index in [4.69, 9.17) is 4.98 Å². The van der Waals surface area contributed by atoms with Gasteiger partial charge in [0.1, 0.15) is 5.82 Å². The molecule has 4 nitrogen and oxygen atoms in total. The number of hydrogen-bond donors (Lipinski definition) is 2. The summed E-state index contributed by atoms with van der Waals surface area (Å²) in [4.78, 5) is 21.8. The van der Waals surface area contributed by atoms with Gasteiger partial charge in [-0.05, 0) is 68.4 Å². The molecule has 0 radical (unpaired) electrons. The fraction of sp³-hybridized carbons (Fsp3) is 0.636. The number of aromatic amines is 1. The van der Waals surface area contributed by atoms with E-state index < -0.39 is 0 Å². The molecule has 4 aliphatic carbocycles. The highest BCUT2D eigenvalue weighted by Crippen LogP contribution is 2.64. The Morgan fingerprint density at radius 3 is 2.56 bits per heavy atom. The van der Waals surface area contributed by atoms with Crippen LogP contribution in [0.4, 0.5) is 0 Å². The van der Waals surface area contributed by atoms with Crippen molar-refractivity contribution in [3.8, 4) is 0 Å². The minimum atomic E-state index is -0.188. The van der Waals surface area contributed by atoms with Crippen molar-refractivity contribution in [1.29, 1.82) is 0 Å². The van der Waals surface area contributed by atoms with E-state index in [1.165, 1.54) is 19.3 Å². The lowest BCUT2D eigenvalue weighted by atomic mass is 9.49. The number of fused-ring (bicyclic) bond motifs is 1. The molecule has 4 bridgehead atoms. The van der Waals surface area contributed by atoms with E-state index in [9.17, 15) is 4.79 Å². The molecule has 4 saturated carbocycles. The normalized spacial score (nSPS) is 35.7. The maximum Gasteiger partial charge on any atom is 0.226 e.